The van der Waals surface area contributed by atoms with Crippen molar-refractivity contribution in [3.05, 3.63) is 27.7 Å². The first kappa shape index (κ1) is 15.9. The van der Waals surface area contributed by atoms with E-state index in [0.29, 0.717) is 21.6 Å². The van der Waals surface area contributed by atoms with Crippen LogP contribution < -0.4 is 10.6 Å². The maximum absolute atomic E-state index is 11.6. The minimum Gasteiger partial charge on any atom is -0.393 e. The highest BCUT2D eigenvalue weighted by molar-refractivity contribution is 9.10. The molecule has 0 bridgehead atoms. The monoisotopic (exact) mass is 348 g/mol. The van der Waals surface area contributed by atoms with E-state index in [1.54, 1.807) is 25.1 Å². The average Bonchev–Trinajstić information content (AvgIpc) is 2.33. The zero-order valence-corrected chi connectivity index (χ0v) is 12.6. The van der Waals surface area contributed by atoms with Gasteiger partial charge in [0.05, 0.1) is 11.1 Å². The predicted octanol–water partition coefficient (Wildman–Crippen LogP) is 1.93. The molecule has 1 aromatic carbocycles. The Morgan fingerprint density at radius 1 is 1.42 bits per heavy atom. The minimum atomic E-state index is -0.764. The number of aliphatic hydroxyl groups excluding tert-OH is 1. The van der Waals surface area contributed by atoms with Crippen LogP contribution in [0.4, 0.5) is 5.69 Å². The van der Waals surface area contributed by atoms with Crippen LogP contribution in [0, 0.1) is 0 Å². The summed E-state index contributed by atoms with van der Waals surface area (Å²) >= 11 is 9.03. The number of carbonyl (C=O) groups is 2. The van der Waals surface area contributed by atoms with Gasteiger partial charge in [0.1, 0.15) is 0 Å². The summed E-state index contributed by atoms with van der Waals surface area (Å²) in [5.41, 5.74) is 0.465. The van der Waals surface area contributed by atoms with E-state index in [-0.39, 0.29) is 6.54 Å². The molecular formula is C12H14BrClN2O3. The SMILES string of the molecule is CC(O)CCNC(=O)C(=O)Nc1ccc(Cl)c(Br)c1. The predicted molar refractivity (Wildman–Crippen MR) is 77.1 cm³/mol. The smallest absolute Gasteiger partial charge is 0.313 e. The Morgan fingerprint density at radius 3 is 2.68 bits per heavy atom. The van der Waals surface area contributed by atoms with Gasteiger partial charge in [0, 0.05) is 16.7 Å². The van der Waals surface area contributed by atoms with E-state index < -0.39 is 17.9 Å². The van der Waals surface area contributed by atoms with Crippen molar-refractivity contribution in [2.75, 3.05) is 11.9 Å². The molecule has 0 aliphatic carbocycles. The Balaban J connectivity index is 2.49. The normalized spacial score (nSPS) is 11.8. The Bertz CT molecular complexity index is 480. The van der Waals surface area contributed by atoms with Crippen LogP contribution >= 0.6 is 27.5 Å². The summed E-state index contributed by atoms with van der Waals surface area (Å²) in [5.74, 6) is -1.51. The van der Waals surface area contributed by atoms with Gasteiger partial charge in [-0.3, -0.25) is 9.59 Å². The Morgan fingerprint density at radius 2 is 2.11 bits per heavy atom. The van der Waals surface area contributed by atoms with Gasteiger partial charge in [-0.15, -0.1) is 0 Å². The molecule has 0 aliphatic heterocycles. The number of carbonyl (C=O) groups excluding carboxylic acids is 2. The molecule has 0 aliphatic rings. The second-order valence-electron chi connectivity index (χ2n) is 3.98. The fourth-order valence-electron chi connectivity index (χ4n) is 1.24. The van der Waals surface area contributed by atoms with Gasteiger partial charge in [-0.05, 0) is 47.5 Å². The fourth-order valence-corrected chi connectivity index (χ4v) is 1.73. The van der Waals surface area contributed by atoms with Crippen LogP contribution in [0.25, 0.3) is 0 Å². The number of benzene rings is 1. The standard InChI is InChI=1S/C12H14BrClN2O3/c1-7(17)4-5-15-11(18)12(19)16-8-2-3-10(14)9(13)6-8/h2-3,6-7,17H,4-5H2,1H3,(H,15,18)(H,16,19). The van der Waals surface area contributed by atoms with Crippen LogP contribution in [-0.4, -0.2) is 29.6 Å². The summed E-state index contributed by atoms with van der Waals surface area (Å²) in [4.78, 5) is 23.0. The quantitative estimate of drug-likeness (QED) is 0.727. The summed E-state index contributed by atoms with van der Waals surface area (Å²) in [6, 6.07) is 4.80. The fraction of sp³-hybridized carbons (Fsp3) is 0.333. The summed E-state index contributed by atoms with van der Waals surface area (Å²) in [6.45, 7) is 1.85. The molecule has 104 valence electrons. The van der Waals surface area contributed by atoms with Crippen LogP contribution in [0.15, 0.2) is 22.7 Å². The molecule has 7 heteroatoms. The summed E-state index contributed by atoms with van der Waals surface area (Å²) in [5, 5.41) is 14.4. The van der Waals surface area contributed by atoms with Crippen molar-refractivity contribution in [2.24, 2.45) is 0 Å². The number of rotatable bonds is 4. The van der Waals surface area contributed by atoms with Crippen molar-refractivity contribution in [3.8, 4) is 0 Å². The molecule has 2 amide bonds. The van der Waals surface area contributed by atoms with Crippen LogP contribution in [0.1, 0.15) is 13.3 Å². The molecule has 0 saturated carbocycles. The molecule has 3 N–H and O–H groups in total. The van der Waals surface area contributed by atoms with Gasteiger partial charge in [0.25, 0.3) is 0 Å². The van der Waals surface area contributed by atoms with Gasteiger partial charge < -0.3 is 15.7 Å². The van der Waals surface area contributed by atoms with Crippen molar-refractivity contribution in [3.63, 3.8) is 0 Å². The van der Waals surface area contributed by atoms with E-state index in [1.807, 2.05) is 0 Å². The van der Waals surface area contributed by atoms with Crippen molar-refractivity contribution in [1.82, 2.24) is 5.32 Å². The van der Waals surface area contributed by atoms with Crippen LogP contribution in [-0.2, 0) is 9.59 Å². The third-order valence-corrected chi connectivity index (χ3v) is 3.45. The average molecular weight is 350 g/mol. The third kappa shape index (κ3) is 5.59. The minimum absolute atomic E-state index is 0.244. The highest BCUT2D eigenvalue weighted by atomic mass is 79.9. The lowest BCUT2D eigenvalue weighted by Gasteiger charge is -2.08. The van der Waals surface area contributed by atoms with E-state index in [9.17, 15) is 9.59 Å². The molecule has 0 saturated heterocycles. The van der Waals surface area contributed by atoms with Crippen molar-refractivity contribution in [2.45, 2.75) is 19.4 Å². The number of nitrogens with one attached hydrogen (secondary N) is 2. The molecule has 0 fully saturated rings. The lowest BCUT2D eigenvalue weighted by atomic mass is 10.3. The molecule has 1 aromatic rings. The molecule has 19 heavy (non-hydrogen) atoms. The van der Waals surface area contributed by atoms with Gasteiger partial charge >= 0.3 is 11.8 Å². The Labute approximate surface area is 124 Å². The highest BCUT2D eigenvalue weighted by Gasteiger charge is 2.13. The van der Waals surface area contributed by atoms with E-state index in [0.717, 1.165) is 0 Å². The molecule has 5 nitrogen and oxygen atoms in total. The number of anilines is 1. The number of halogens is 2. The second kappa shape index (κ2) is 7.47. The van der Waals surface area contributed by atoms with E-state index >= 15 is 0 Å². The lowest BCUT2D eigenvalue weighted by Crippen LogP contribution is -2.36. The van der Waals surface area contributed by atoms with Gasteiger partial charge in [0.2, 0.25) is 0 Å². The first-order valence-corrected chi connectivity index (χ1v) is 6.79. The first-order chi connectivity index (χ1) is 8.90. The molecule has 0 radical (unpaired) electrons. The van der Waals surface area contributed by atoms with Gasteiger partial charge in [-0.1, -0.05) is 11.6 Å². The van der Waals surface area contributed by atoms with E-state index in [4.69, 9.17) is 16.7 Å². The molecule has 0 aromatic heterocycles. The number of hydrogen-bond acceptors (Lipinski definition) is 3. The molecule has 0 heterocycles. The van der Waals surface area contributed by atoms with Crippen LogP contribution in [0.2, 0.25) is 5.02 Å². The van der Waals surface area contributed by atoms with Crippen molar-refractivity contribution >= 4 is 45.0 Å². The maximum Gasteiger partial charge on any atom is 0.313 e. The zero-order valence-electron chi connectivity index (χ0n) is 10.2. The first-order valence-electron chi connectivity index (χ1n) is 5.62. The lowest BCUT2D eigenvalue weighted by molar-refractivity contribution is -0.136. The third-order valence-electron chi connectivity index (χ3n) is 2.23. The van der Waals surface area contributed by atoms with E-state index in [1.165, 1.54) is 0 Å². The molecule has 1 atom stereocenters. The van der Waals surface area contributed by atoms with Crippen LogP contribution in [0.5, 0.6) is 0 Å². The number of aliphatic hydroxyl groups is 1. The Hall–Kier alpha value is -1.11. The van der Waals surface area contributed by atoms with Crippen molar-refractivity contribution in [1.29, 1.82) is 0 Å². The van der Waals surface area contributed by atoms with Crippen LogP contribution in [0.3, 0.4) is 0 Å². The van der Waals surface area contributed by atoms with Gasteiger partial charge in [-0.2, -0.15) is 0 Å². The summed E-state index contributed by atoms with van der Waals surface area (Å²) in [6.07, 6.45) is -0.124. The topological polar surface area (TPSA) is 78.4 Å². The summed E-state index contributed by atoms with van der Waals surface area (Å²) in [7, 11) is 0. The number of hydrogen-bond donors (Lipinski definition) is 3. The molecule has 1 rings (SSSR count). The van der Waals surface area contributed by atoms with E-state index in [2.05, 4.69) is 26.6 Å². The highest BCUT2D eigenvalue weighted by Crippen LogP contribution is 2.25. The van der Waals surface area contributed by atoms with Gasteiger partial charge in [-0.25, -0.2) is 0 Å². The second-order valence-corrected chi connectivity index (χ2v) is 5.24. The molecular weight excluding hydrogens is 336 g/mol. The summed E-state index contributed by atoms with van der Waals surface area (Å²) < 4.78 is 0.626. The van der Waals surface area contributed by atoms with Crippen molar-refractivity contribution < 1.29 is 14.7 Å². The molecule has 1 unspecified atom stereocenters. The molecule has 0 spiro atoms. The zero-order chi connectivity index (χ0) is 14.4. The Kier molecular flexibility index (Phi) is 6.27. The maximum atomic E-state index is 11.6. The van der Waals surface area contributed by atoms with Gasteiger partial charge in [0.15, 0.2) is 0 Å². The number of amides is 2. The largest absolute Gasteiger partial charge is 0.393 e.